The average Bonchev–Trinajstić information content (AvgIpc) is 2.66. The molecule has 14 heavy (non-hydrogen) atoms. The topological polar surface area (TPSA) is 63.4 Å². The van der Waals surface area contributed by atoms with Crippen LogP contribution in [-0.4, -0.2) is 50.6 Å². The van der Waals surface area contributed by atoms with Gasteiger partial charge in [0.25, 0.3) is 0 Å². The van der Waals surface area contributed by atoms with Crippen molar-refractivity contribution in [2.45, 2.75) is 19.2 Å². The third-order valence-electron chi connectivity index (χ3n) is 2.64. The second-order valence-corrected chi connectivity index (χ2v) is 3.75. The van der Waals surface area contributed by atoms with E-state index in [9.17, 15) is 0 Å². The van der Waals surface area contributed by atoms with Crippen LogP contribution in [0, 0.1) is 0 Å². The van der Waals surface area contributed by atoms with Crippen molar-refractivity contribution in [3.63, 3.8) is 0 Å². The highest BCUT2D eigenvalue weighted by Crippen LogP contribution is 2.19. The zero-order valence-electron chi connectivity index (χ0n) is 7.76. The van der Waals surface area contributed by atoms with Crippen LogP contribution in [0.1, 0.15) is 5.82 Å². The summed E-state index contributed by atoms with van der Waals surface area (Å²) in [6.45, 7) is 3.77. The molecule has 3 heterocycles. The molecule has 0 bridgehead atoms. The van der Waals surface area contributed by atoms with Gasteiger partial charge in [-0.15, -0.1) is 5.10 Å². The molecular weight excluding hydrogens is 184 g/mol. The van der Waals surface area contributed by atoms with Gasteiger partial charge in [-0.05, 0) is 0 Å². The van der Waals surface area contributed by atoms with E-state index < -0.39 is 0 Å². The maximum absolute atomic E-state index is 9.13. The molecule has 1 aromatic heterocycles. The van der Waals surface area contributed by atoms with Gasteiger partial charge in [-0.25, -0.2) is 0 Å². The highest BCUT2D eigenvalue weighted by Gasteiger charge is 2.27. The van der Waals surface area contributed by atoms with Crippen molar-refractivity contribution in [3.05, 3.63) is 5.82 Å². The monoisotopic (exact) mass is 196 g/mol. The lowest BCUT2D eigenvalue weighted by atomic mass is 10.2. The number of rotatable bonds is 2. The largest absolute Gasteiger partial charge is 0.462 e. The minimum atomic E-state index is -0.160. The quantitative estimate of drug-likeness (QED) is 0.647. The van der Waals surface area contributed by atoms with Crippen molar-refractivity contribution >= 4 is 0 Å². The number of hydrogen-bond acceptors (Lipinski definition) is 5. The van der Waals surface area contributed by atoms with Crippen molar-refractivity contribution in [2.24, 2.45) is 0 Å². The van der Waals surface area contributed by atoms with Crippen LogP contribution in [0.4, 0.5) is 0 Å². The summed E-state index contributed by atoms with van der Waals surface area (Å²) < 4.78 is 7.25. The van der Waals surface area contributed by atoms with Crippen molar-refractivity contribution in [2.75, 3.05) is 19.7 Å². The fourth-order valence-electron chi connectivity index (χ4n) is 1.87. The molecule has 1 fully saturated rings. The molecule has 1 N–H and O–H groups in total. The van der Waals surface area contributed by atoms with E-state index in [1.807, 2.05) is 4.57 Å². The fraction of sp³-hybridized carbons (Fsp3) is 0.750. The van der Waals surface area contributed by atoms with Gasteiger partial charge in [0.1, 0.15) is 12.4 Å². The van der Waals surface area contributed by atoms with E-state index in [-0.39, 0.29) is 6.10 Å². The van der Waals surface area contributed by atoms with Gasteiger partial charge in [0, 0.05) is 13.1 Å². The smallest absolute Gasteiger partial charge is 0.317 e. The van der Waals surface area contributed by atoms with Crippen molar-refractivity contribution in [1.82, 2.24) is 19.7 Å². The van der Waals surface area contributed by atoms with Gasteiger partial charge in [-0.1, -0.05) is 5.10 Å². The highest BCUT2D eigenvalue weighted by molar-refractivity contribution is 5.05. The van der Waals surface area contributed by atoms with E-state index in [1.165, 1.54) is 0 Å². The number of likely N-dealkylation sites (tertiary alicyclic amines) is 1. The number of β-amino-alcohol motifs (C(OH)–C–C–N with tert-alkyl or cyclic N) is 1. The molecule has 2 aliphatic heterocycles. The SMILES string of the molecule is OC1CN(Cc2nnc3n2CCO3)C1. The number of aromatic nitrogens is 3. The first kappa shape index (κ1) is 8.19. The van der Waals surface area contributed by atoms with E-state index in [4.69, 9.17) is 9.84 Å². The fourth-order valence-corrected chi connectivity index (χ4v) is 1.87. The Balaban J connectivity index is 1.71. The summed E-state index contributed by atoms with van der Waals surface area (Å²) in [4.78, 5) is 2.14. The van der Waals surface area contributed by atoms with Crippen molar-refractivity contribution in [3.8, 4) is 6.01 Å². The molecule has 2 aliphatic rings. The first-order chi connectivity index (χ1) is 6.83. The molecule has 0 aromatic carbocycles. The molecule has 1 saturated heterocycles. The van der Waals surface area contributed by atoms with Crippen LogP contribution in [0.5, 0.6) is 6.01 Å². The van der Waals surface area contributed by atoms with E-state index >= 15 is 0 Å². The van der Waals surface area contributed by atoms with Crippen LogP contribution < -0.4 is 4.74 Å². The van der Waals surface area contributed by atoms with Crippen LogP contribution >= 0.6 is 0 Å². The van der Waals surface area contributed by atoms with Crippen LogP contribution in [-0.2, 0) is 13.1 Å². The molecule has 0 atom stereocenters. The van der Waals surface area contributed by atoms with Crippen molar-refractivity contribution < 1.29 is 9.84 Å². The minimum Gasteiger partial charge on any atom is -0.462 e. The summed E-state index contributed by atoms with van der Waals surface area (Å²) in [7, 11) is 0. The summed E-state index contributed by atoms with van der Waals surface area (Å²) in [5.41, 5.74) is 0. The Labute approximate surface area is 81.1 Å². The molecule has 76 valence electrons. The predicted octanol–water partition coefficient (Wildman–Crippen LogP) is -1.15. The standard InChI is InChI=1S/C8H12N4O2/c13-6-3-11(4-6)5-7-9-10-8-12(7)1-2-14-8/h6,13H,1-5H2. The summed E-state index contributed by atoms with van der Waals surface area (Å²) in [5, 5.41) is 17.1. The molecule has 0 unspecified atom stereocenters. The Morgan fingerprint density at radius 3 is 3.07 bits per heavy atom. The summed E-state index contributed by atoms with van der Waals surface area (Å²) in [6, 6.07) is 0.626. The van der Waals surface area contributed by atoms with Crippen LogP contribution in [0.3, 0.4) is 0 Å². The molecule has 0 amide bonds. The normalized spacial score (nSPS) is 21.8. The lowest BCUT2D eigenvalue weighted by Gasteiger charge is -2.35. The second kappa shape index (κ2) is 2.93. The third-order valence-corrected chi connectivity index (χ3v) is 2.64. The molecular formula is C8H12N4O2. The number of hydrogen-bond donors (Lipinski definition) is 1. The highest BCUT2D eigenvalue weighted by atomic mass is 16.5. The number of nitrogens with zero attached hydrogens (tertiary/aromatic N) is 4. The summed E-state index contributed by atoms with van der Waals surface area (Å²) >= 11 is 0. The van der Waals surface area contributed by atoms with Crippen LogP contribution in [0.2, 0.25) is 0 Å². The molecule has 0 radical (unpaired) electrons. The zero-order valence-corrected chi connectivity index (χ0v) is 7.76. The van der Waals surface area contributed by atoms with Gasteiger partial charge < -0.3 is 9.84 Å². The number of aliphatic hydroxyl groups is 1. The molecule has 6 heteroatoms. The maximum Gasteiger partial charge on any atom is 0.317 e. The first-order valence-corrected chi connectivity index (χ1v) is 4.78. The van der Waals surface area contributed by atoms with Crippen molar-refractivity contribution in [1.29, 1.82) is 0 Å². The third kappa shape index (κ3) is 1.18. The lowest BCUT2D eigenvalue weighted by molar-refractivity contribution is -0.00483. The summed E-state index contributed by atoms with van der Waals surface area (Å²) in [5.74, 6) is 0.935. The lowest BCUT2D eigenvalue weighted by Crippen LogP contribution is -2.50. The number of fused-ring (bicyclic) bond motifs is 1. The van der Waals surface area contributed by atoms with Crippen LogP contribution in [0.15, 0.2) is 0 Å². The van der Waals surface area contributed by atoms with E-state index in [0.29, 0.717) is 12.6 Å². The molecule has 3 rings (SSSR count). The van der Waals surface area contributed by atoms with Gasteiger partial charge in [0.05, 0.1) is 19.2 Å². The van der Waals surface area contributed by atoms with Gasteiger partial charge in [-0.2, -0.15) is 0 Å². The van der Waals surface area contributed by atoms with Gasteiger partial charge in [0.2, 0.25) is 0 Å². The zero-order chi connectivity index (χ0) is 9.54. The predicted molar refractivity (Wildman–Crippen MR) is 46.8 cm³/mol. The Morgan fingerprint density at radius 2 is 2.29 bits per heavy atom. The average molecular weight is 196 g/mol. The van der Waals surface area contributed by atoms with Gasteiger partial charge in [0.15, 0.2) is 0 Å². The van der Waals surface area contributed by atoms with E-state index in [2.05, 4.69) is 15.1 Å². The van der Waals surface area contributed by atoms with Crippen LogP contribution in [0.25, 0.3) is 0 Å². The second-order valence-electron chi connectivity index (χ2n) is 3.75. The minimum absolute atomic E-state index is 0.160. The van der Waals surface area contributed by atoms with Gasteiger partial charge in [-0.3, -0.25) is 9.47 Å². The molecule has 1 aromatic rings. The Morgan fingerprint density at radius 1 is 1.43 bits per heavy atom. The molecule has 0 saturated carbocycles. The Bertz CT molecular complexity index is 345. The summed E-state index contributed by atoms with van der Waals surface area (Å²) in [6.07, 6.45) is -0.160. The number of ether oxygens (including phenoxy) is 1. The molecule has 6 nitrogen and oxygen atoms in total. The maximum atomic E-state index is 9.13. The van der Waals surface area contributed by atoms with E-state index in [0.717, 1.165) is 32.0 Å². The number of aliphatic hydroxyl groups excluding tert-OH is 1. The van der Waals surface area contributed by atoms with E-state index in [1.54, 1.807) is 0 Å². The Kier molecular flexibility index (Phi) is 1.71. The molecule has 0 spiro atoms. The Hall–Kier alpha value is -1.14. The van der Waals surface area contributed by atoms with Gasteiger partial charge >= 0.3 is 6.01 Å². The molecule has 0 aliphatic carbocycles. The first-order valence-electron chi connectivity index (χ1n) is 4.78.